The number of ether oxygens (including phenoxy) is 1. The first-order valence-corrected chi connectivity index (χ1v) is 4.97. The van der Waals surface area contributed by atoms with Gasteiger partial charge in [-0.3, -0.25) is 4.79 Å². The fourth-order valence-corrected chi connectivity index (χ4v) is 2.92. The molecule has 1 unspecified atom stereocenters. The van der Waals surface area contributed by atoms with Gasteiger partial charge in [0.05, 0.1) is 12.5 Å². The number of carbonyl (C=O) groups excluding carboxylic acids is 1. The molecule has 0 spiro atoms. The zero-order valence-corrected chi connectivity index (χ0v) is 8.30. The molecular formula is C10H17NO2. The number of carbonyl (C=O) groups is 1. The summed E-state index contributed by atoms with van der Waals surface area (Å²) in [7, 11) is 0. The van der Waals surface area contributed by atoms with Gasteiger partial charge in [0.1, 0.15) is 0 Å². The van der Waals surface area contributed by atoms with Crippen LogP contribution in [0.3, 0.4) is 0 Å². The Morgan fingerprint density at radius 2 is 2.08 bits per heavy atom. The molecule has 0 heterocycles. The van der Waals surface area contributed by atoms with E-state index in [1.54, 1.807) is 0 Å². The van der Waals surface area contributed by atoms with E-state index in [-0.39, 0.29) is 22.8 Å². The second-order valence-electron chi connectivity index (χ2n) is 4.73. The van der Waals surface area contributed by atoms with Gasteiger partial charge < -0.3 is 10.5 Å². The van der Waals surface area contributed by atoms with Crippen molar-refractivity contribution in [3.05, 3.63) is 0 Å². The van der Waals surface area contributed by atoms with Crippen molar-refractivity contribution in [1.82, 2.24) is 0 Å². The van der Waals surface area contributed by atoms with Crippen LogP contribution in [0, 0.1) is 11.3 Å². The summed E-state index contributed by atoms with van der Waals surface area (Å²) in [5.41, 5.74) is 6.23. The van der Waals surface area contributed by atoms with Crippen molar-refractivity contribution in [3.8, 4) is 0 Å². The highest BCUT2D eigenvalue weighted by Gasteiger charge is 2.69. The first kappa shape index (κ1) is 9.00. The quantitative estimate of drug-likeness (QED) is 0.666. The second-order valence-corrected chi connectivity index (χ2v) is 4.73. The topological polar surface area (TPSA) is 52.3 Å². The molecule has 13 heavy (non-hydrogen) atoms. The standard InChI is InChI=1S/C10H17NO2/c1-3-13-8(12)7(2)9-4-10(11,5-9)6-9/h7H,3-6,11H2,1-2H3. The highest BCUT2D eigenvalue weighted by Crippen LogP contribution is 2.69. The van der Waals surface area contributed by atoms with Gasteiger partial charge in [0.15, 0.2) is 0 Å². The lowest BCUT2D eigenvalue weighted by molar-refractivity contribution is -0.191. The van der Waals surface area contributed by atoms with Gasteiger partial charge in [0.2, 0.25) is 0 Å². The SMILES string of the molecule is CCOC(=O)C(C)C12CC(N)(C1)C2. The van der Waals surface area contributed by atoms with E-state index in [9.17, 15) is 4.79 Å². The van der Waals surface area contributed by atoms with Crippen LogP contribution in [0.4, 0.5) is 0 Å². The fraction of sp³-hybridized carbons (Fsp3) is 0.900. The molecule has 0 aromatic carbocycles. The van der Waals surface area contributed by atoms with Crippen LogP contribution in [0.25, 0.3) is 0 Å². The predicted octanol–water partition coefficient (Wildman–Crippen LogP) is 1.07. The van der Waals surface area contributed by atoms with Crippen molar-refractivity contribution < 1.29 is 9.53 Å². The third-order valence-electron chi connectivity index (χ3n) is 3.67. The van der Waals surface area contributed by atoms with E-state index in [1.807, 2.05) is 13.8 Å². The van der Waals surface area contributed by atoms with Crippen LogP contribution in [0.15, 0.2) is 0 Å². The normalized spacial score (nSPS) is 43.0. The van der Waals surface area contributed by atoms with Crippen LogP contribution in [0.2, 0.25) is 0 Å². The molecule has 0 aliphatic heterocycles. The minimum absolute atomic E-state index is 0.0397. The Morgan fingerprint density at radius 1 is 1.54 bits per heavy atom. The summed E-state index contributed by atoms with van der Waals surface area (Å²) in [5, 5.41) is 0. The van der Waals surface area contributed by atoms with E-state index < -0.39 is 0 Å². The molecule has 3 nitrogen and oxygen atoms in total. The van der Waals surface area contributed by atoms with Crippen molar-refractivity contribution in [3.63, 3.8) is 0 Å². The molecular weight excluding hydrogens is 166 g/mol. The summed E-state index contributed by atoms with van der Waals surface area (Å²) in [4.78, 5) is 11.4. The molecule has 3 aliphatic carbocycles. The third kappa shape index (κ3) is 1.10. The van der Waals surface area contributed by atoms with Gasteiger partial charge >= 0.3 is 5.97 Å². The van der Waals surface area contributed by atoms with Gasteiger partial charge in [-0.2, -0.15) is 0 Å². The Bertz CT molecular complexity index is 230. The van der Waals surface area contributed by atoms with Gasteiger partial charge in [0.25, 0.3) is 0 Å². The molecule has 0 aromatic rings. The minimum atomic E-state index is -0.0516. The van der Waals surface area contributed by atoms with Gasteiger partial charge in [0, 0.05) is 5.54 Å². The molecule has 3 rings (SSSR count). The molecule has 2 N–H and O–H groups in total. The van der Waals surface area contributed by atoms with Crippen LogP contribution in [-0.4, -0.2) is 18.1 Å². The zero-order valence-electron chi connectivity index (χ0n) is 8.30. The Hall–Kier alpha value is -0.570. The number of hydrogen-bond donors (Lipinski definition) is 1. The van der Waals surface area contributed by atoms with E-state index in [0.29, 0.717) is 6.61 Å². The summed E-state index contributed by atoms with van der Waals surface area (Å²) in [5.74, 6) is -0.0119. The van der Waals surface area contributed by atoms with Crippen LogP contribution in [-0.2, 0) is 9.53 Å². The molecule has 3 aliphatic rings. The van der Waals surface area contributed by atoms with E-state index in [2.05, 4.69) is 0 Å². The summed E-state index contributed by atoms with van der Waals surface area (Å²) in [6, 6.07) is 0. The lowest BCUT2D eigenvalue weighted by Crippen LogP contribution is -2.74. The highest BCUT2D eigenvalue weighted by atomic mass is 16.5. The van der Waals surface area contributed by atoms with E-state index >= 15 is 0 Å². The molecule has 0 radical (unpaired) electrons. The molecule has 0 saturated heterocycles. The maximum Gasteiger partial charge on any atom is 0.309 e. The van der Waals surface area contributed by atoms with Crippen LogP contribution < -0.4 is 5.73 Å². The van der Waals surface area contributed by atoms with Gasteiger partial charge in [-0.05, 0) is 31.6 Å². The second kappa shape index (κ2) is 2.47. The number of rotatable bonds is 3. The fourth-order valence-electron chi connectivity index (χ4n) is 2.92. The summed E-state index contributed by atoms with van der Waals surface area (Å²) >= 11 is 0. The lowest BCUT2D eigenvalue weighted by atomic mass is 9.36. The first-order chi connectivity index (χ1) is 6.01. The monoisotopic (exact) mass is 183 g/mol. The third-order valence-corrected chi connectivity index (χ3v) is 3.67. The van der Waals surface area contributed by atoms with E-state index in [1.165, 1.54) is 0 Å². The average molecular weight is 183 g/mol. The molecule has 3 saturated carbocycles. The molecule has 1 atom stereocenters. The van der Waals surface area contributed by atoms with Gasteiger partial charge in [-0.1, -0.05) is 6.92 Å². The van der Waals surface area contributed by atoms with Crippen molar-refractivity contribution in [1.29, 1.82) is 0 Å². The van der Waals surface area contributed by atoms with E-state index in [0.717, 1.165) is 19.3 Å². The maximum absolute atomic E-state index is 11.4. The number of nitrogens with two attached hydrogens (primary N) is 1. The van der Waals surface area contributed by atoms with E-state index in [4.69, 9.17) is 10.5 Å². The Balaban J connectivity index is 1.92. The molecule has 74 valence electrons. The Labute approximate surface area is 78.6 Å². The average Bonchev–Trinajstić information content (AvgIpc) is 1.96. The number of hydrogen-bond acceptors (Lipinski definition) is 3. The Morgan fingerprint density at radius 3 is 2.46 bits per heavy atom. The molecule has 0 aromatic heterocycles. The smallest absolute Gasteiger partial charge is 0.309 e. The predicted molar refractivity (Wildman–Crippen MR) is 49.0 cm³/mol. The number of esters is 1. The Kier molecular flexibility index (Phi) is 1.71. The van der Waals surface area contributed by atoms with Crippen molar-refractivity contribution in [2.75, 3.05) is 6.61 Å². The van der Waals surface area contributed by atoms with Crippen molar-refractivity contribution in [2.45, 2.75) is 38.6 Å². The summed E-state index contributed by atoms with van der Waals surface area (Å²) < 4.78 is 5.00. The molecule has 2 bridgehead atoms. The minimum Gasteiger partial charge on any atom is -0.466 e. The first-order valence-electron chi connectivity index (χ1n) is 4.97. The zero-order chi connectivity index (χ0) is 9.69. The highest BCUT2D eigenvalue weighted by molar-refractivity contribution is 5.74. The van der Waals surface area contributed by atoms with Gasteiger partial charge in [-0.25, -0.2) is 0 Å². The van der Waals surface area contributed by atoms with Gasteiger partial charge in [-0.15, -0.1) is 0 Å². The summed E-state index contributed by atoms with van der Waals surface area (Å²) in [6.45, 7) is 4.29. The largest absolute Gasteiger partial charge is 0.466 e. The molecule has 0 amide bonds. The van der Waals surface area contributed by atoms with Crippen molar-refractivity contribution >= 4 is 5.97 Å². The van der Waals surface area contributed by atoms with Crippen LogP contribution in [0.5, 0.6) is 0 Å². The van der Waals surface area contributed by atoms with Crippen LogP contribution >= 0.6 is 0 Å². The molecule has 3 heteroatoms. The van der Waals surface area contributed by atoms with Crippen molar-refractivity contribution in [2.24, 2.45) is 17.1 Å². The lowest BCUT2D eigenvalue weighted by Gasteiger charge is -2.70. The molecule has 3 fully saturated rings. The maximum atomic E-state index is 11.4. The van der Waals surface area contributed by atoms with Crippen LogP contribution in [0.1, 0.15) is 33.1 Å². The summed E-state index contributed by atoms with van der Waals surface area (Å²) in [6.07, 6.45) is 3.04.